The van der Waals surface area contributed by atoms with E-state index in [9.17, 15) is 43.9 Å². The first-order valence-corrected chi connectivity index (χ1v) is 13.5. The number of hydrogen-bond acceptors (Lipinski definition) is 6. The lowest BCUT2D eigenvalue weighted by molar-refractivity contribution is -0.276. The second-order valence-electron chi connectivity index (χ2n) is 9.19. The molecule has 40 heavy (non-hydrogen) atoms. The van der Waals surface area contributed by atoms with Crippen molar-refractivity contribution in [3.8, 4) is 0 Å². The summed E-state index contributed by atoms with van der Waals surface area (Å²) in [5.74, 6) is -2.36. The second kappa shape index (κ2) is 10.2. The Morgan fingerprint density at radius 2 is 1.85 bits per heavy atom. The summed E-state index contributed by atoms with van der Waals surface area (Å²) < 4.78 is 121. The molecule has 218 valence electrons. The number of sulfonamides is 1. The maximum atomic E-state index is 14.8. The minimum atomic E-state index is -5.41. The van der Waals surface area contributed by atoms with Gasteiger partial charge in [0.05, 0.1) is 48.2 Å². The van der Waals surface area contributed by atoms with E-state index in [1.54, 1.807) is 0 Å². The van der Waals surface area contributed by atoms with Gasteiger partial charge >= 0.3 is 12.4 Å². The van der Waals surface area contributed by atoms with Gasteiger partial charge in [-0.05, 0) is 42.3 Å². The average molecular weight is 618 g/mol. The minimum Gasteiger partial charge on any atom is -0.374 e. The number of oxime groups is 1. The summed E-state index contributed by atoms with van der Waals surface area (Å²) in [6.07, 6.45) is -10.8. The first-order chi connectivity index (χ1) is 18.3. The van der Waals surface area contributed by atoms with Gasteiger partial charge in [0, 0.05) is 11.1 Å². The summed E-state index contributed by atoms with van der Waals surface area (Å²) in [6, 6.07) is 3.29. The maximum Gasteiger partial charge on any atom is 0.435 e. The summed E-state index contributed by atoms with van der Waals surface area (Å²) in [5.41, 5.74) is -6.65. The van der Waals surface area contributed by atoms with Crippen molar-refractivity contribution in [3.05, 3.63) is 69.0 Å². The largest absolute Gasteiger partial charge is 0.435 e. The van der Waals surface area contributed by atoms with Crippen molar-refractivity contribution in [3.63, 3.8) is 0 Å². The number of carbonyl (C=O) groups is 1. The van der Waals surface area contributed by atoms with E-state index in [-0.39, 0.29) is 47.7 Å². The predicted octanol–water partition coefficient (Wildman–Crippen LogP) is 4.69. The molecule has 0 unspecified atom stereocenters. The molecule has 8 nitrogen and oxygen atoms in total. The van der Waals surface area contributed by atoms with Crippen LogP contribution in [0.2, 0.25) is 5.02 Å². The van der Waals surface area contributed by atoms with Gasteiger partial charge in [-0.1, -0.05) is 27.3 Å². The third-order valence-electron chi connectivity index (χ3n) is 6.28. The number of hydroxylamine groups is 1. The van der Waals surface area contributed by atoms with Gasteiger partial charge in [-0.15, -0.1) is 0 Å². The van der Waals surface area contributed by atoms with E-state index in [2.05, 4.69) is 15.3 Å². The highest BCUT2D eigenvalue weighted by atomic mass is 35.5. The monoisotopic (exact) mass is 617 g/mol. The van der Waals surface area contributed by atoms with Crippen LogP contribution in [0.25, 0.3) is 0 Å². The Kier molecular flexibility index (Phi) is 7.62. The van der Waals surface area contributed by atoms with Gasteiger partial charge in [0.15, 0.2) is 0 Å². The number of alkyl halides is 6. The second-order valence-corrected chi connectivity index (χ2v) is 11.5. The molecule has 1 fully saturated rings. The fourth-order valence-electron chi connectivity index (χ4n) is 4.22. The van der Waals surface area contributed by atoms with Crippen molar-refractivity contribution in [1.29, 1.82) is 0 Å². The van der Waals surface area contributed by atoms with E-state index in [0.717, 1.165) is 10.7 Å². The van der Waals surface area contributed by atoms with Crippen LogP contribution >= 0.6 is 11.6 Å². The molecule has 0 spiro atoms. The third kappa shape index (κ3) is 5.62. The lowest BCUT2D eigenvalue weighted by atomic mass is 9.85. The summed E-state index contributed by atoms with van der Waals surface area (Å²) in [5, 5.41) is 4.84. The first-order valence-electron chi connectivity index (χ1n) is 11.2. The molecular weight excluding hydrogens is 599 g/mol. The minimum absolute atomic E-state index is 0.0104. The Balaban J connectivity index is 1.60. The molecule has 17 heteroatoms. The zero-order valence-corrected chi connectivity index (χ0v) is 22.0. The Morgan fingerprint density at radius 1 is 1.18 bits per heavy atom. The number of nitrogens with one attached hydrogen (secondary N) is 1. The van der Waals surface area contributed by atoms with E-state index in [4.69, 9.17) is 16.4 Å². The molecule has 0 saturated carbocycles. The highest BCUT2D eigenvalue weighted by Gasteiger charge is 2.64. The van der Waals surface area contributed by atoms with Crippen molar-refractivity contribution in [1.82, 2.24) is 9.79 Å². The molecule has 0 radical (unpaired) electrons. The van der Waals surface area contributed by atoms with Crippen LogP contribution in [0.4, 0.5) is 30.7 Å². The molecule has 2 aliphatic heterocycles. The molecule has 4 rings (SSSR count). The topological polar surface area (TPSA) is 97.3 Å². The van der Waals surface area contributed by atoms with Crippen molar-refractivity contribution in [2.45, 2.75) is 37.3 Å². The number of rotatable bonds is 5. The molecule has 1 N–H and O–H groups in total. The van der Waals surface area contributed by atoms with Crippen LogP contribution in [-0.4, -0.2) is 56.1 Å². The zero-order valence-electron chi connectivity index (χ0n) is 20.5. The van der Waals surface area contributed by atoms with Gasteiger partial charge in [-0.2, -0.15) is 26.3 Å². The normalized spacial score (nSPS) is 22.2. The van der Waals surface area contributed by atoms with Crippen molar-refractivity contribution >= 4 is 33.2 Å². The van der Waals surface area contributed by atoms with E-state index < -0.39 is 68.3 Å². The summed E-state index contributed by atoms with van der Waals surface area (Å²) >= 11 is 5.51. The van der Waals surface area contributed by atoms with Crippen LogP contribution in [0.15, 0.2) is 35.5 Å². The van der Waals surface area contributed by atoms with Crippen LogP contribution in [0.1, 0.15) is 39.0 Å². The smallest absolute Gasteiger partial charge is 0.374 e. The Morgan fingerprint density at radius 3 is 2.40 bits per heavy atom. The van der Waals surface area contributed by atoms with Crippen LogP contribution in [-0.2, 0) is 31.5 Å². The number of hydrogen-bond donors (Lipinski definition) is 1. The van der Waals surface area contributed by atoms with Crippen molar-refractivity contribution in [2.24, 2.45) is 5.16 Å². The standard InChI is InChI=1S/C23H19ClF7N3O5S/c1-11-5-12(3-4-15(11)20(35)32-14-9-34(38-10-14)40(2,36)37)18-8-21(39-33-18,23(29,30)31)16-6-13(22(26,27)28)7-17(24)19(16)25/h3-7,14H,8-10H2,1-2H3,(H,32,35)/t14-,21-/m0/s1. The zero-order chi connectivity index (χ0) is 29.8. The molecule has 0 bridgehead atoms. The quantitative estimate of drug-likeness (QED) is 0.491. The van der Waals surface area contributed by atoms with Gasteiger partial charge < -0.3 is 10.2 Å². The summed E-state index contributed by atoms with van der Waals surface area (Å²) in [6.45, 7) is 1.22. The molecule has 2 heterocycles. The van der Waals surface area contributed by atoms with Crippen molar-refractivity contribution in [2.75, 3.05) is 19.4 Å². The van der Waals surface area contributed by atoms with E-state index >= 15 is 0 Å². The van der Waals surface area contributed by atoms with Crippen LogP contribution < -0.4 is 5.32 Å². The van der Waals surface area contributed by atoms with Crippen LogP contribution in [0.5, 0.6) is 0 Å². The summed E-state index contributed by atoms with van der Waals surface area (Å²) in [7, 11) is -3.65. The number of halogens is 8. The SMILES string of the molecule is Cc1cc(C2=NO[C@@](c3cc(C(F)(F)F)cc(Cl)c3F)(C(F)(F)F)C2)ccc1C(=O)N[C@@H]1CON(S(C)(=O)=O)C1. The van der Waals surface area contributed by atoms with Gasteiger partial charge in [-0.3, -0.25) is 9.63 Å². The fourth-order valence-corrected chi connectivity index (χ4v) is 5.14. The fraction of sp³-hybridized carbons (Fsp3) is 0.391. The van der Waals surface area contributed by atoms with E-state index in [1.807, 2.05) is 0 Å². The average Bonchev–Trinajstić information content (AvgIpc) is 3.48. The first kappa shape index (κ1) is 30.0. The van der Waals surface area contributed by atoms with Gasteiger partial charge in [0.25, 0.3) is 11.5 Å². The number of amides is 1. The van der Waals surface area contributed by atoms with Gasteiger partial charge in [0.2, 0.25) is 10.0 Å². The third-order valence-corrected chi connectivity index (χ3v) is 7.54. The maximum absolute atomic E-state index is 14.8. The lowest BCUT2D eigenvalue weighted by Crippen LogP contribution is -2.43. The molecule has 2 aliphatic rings. The molecule has 0 aromatic heterocycles. The van der Waals surface area contributed by atoms with Crippen molar-refractivity contribution < 1.29 is 53.6 Å². The molecule has 2 atom stereocenters. The number of carbonyl (C=O) groups excluding carboxylic acids is 1. The lowest BCUT2D eigenvalue weighted by Gasteiger charge is -2.30. The number of nitrogens with zero attached hydrogens (tertiary/aromatic N) is 2. The molecular formula is C23H19ClF7N3O5S. The van der Waals surface area contributed by atoms with Gasteiger partial charge in [-0.25, -0.2) is 12.8 Å². The number of benzene rings is 2. The van der Waals surface area contributed by atoms with E-state index in [0.29, 0.717) is 0 Å². The molecule has 2 aromatic rings. The highest BCUT2D eigenvalue weighted by Crippen LogP contribution is 2.51. The molecule has 0 aliphatic carbocycles. The van der Waals surface area contributed by atoms with Crippen LogP contribution in [0, 0.1) is 12.7 Å². The summed E-state index contributed by atoms with van der Waals surface area (Å²) in [4.78, 5) is 22.4. The van der Waals surface area contributed by atoms with E-state index in [1.165, 1.54) is 25.1 Å². The Hall–Kier alpha value is -2.95. The van der Waals surface area contributed by atoms with Crippen LogP contribution in [0.3, 0.4) is 0 Å². The molecule has 1 amide bonds. The molecule has 1 saturated heterocycles. The Labute approximate surface area is 227 Å². The number of aryl methyl sites for hydroxylation is 1. The highest BCUT2D eigenvalue weighted by molar-refractivity contribution is 7.88. The van der Waals surface area contributed by atoms with Gasteiger partial charge in [0.1, 0.15) is 5.82 Å². The predicted molar refractivity (Wildman–Crippen MR) is 126 cm³/mol. The Bertz CT molecular complexity index is 1500. The molecule has 2 aromatic carbocycles.